The van der Waals surface area contributed by atoms with E-state index in [0.717, 1.165) is 5.57 Å². The number of rotatable bonds is 2. The SMILES string of the molecule is COC1C=CC(CC#N)=CN1. The molecule has 0 radical (unpaired) electrons. The first kappa shape index (κ1) is 7.83. The molecular formula is C8H10N2O. The molecule has 0 aromatic heterocycles. The van der Waals surface area contributed by atoms with Crippen molar-refractivity contribution in [2.75, 3.05) is 7.11 Å². The molecule has 0 amide bonds. The summed E-state index contributed by atoms with van der Waals surface area (Å²) in [4.78, 5) is 0. The van der Waals surface area contributed by atoms with E-state index in [9.17, 15) is 0 Å². The molecule has 3 heteroatoms. The molecule has 3 nitrogen and oxygen atoms in total. The summed E-state index contributed by atoms with van der Waals surface area (Å²) in [5, 5.41) is 11.3. The van der Waals surface area contributed by atoms with Crippen LogP contribution in [0.2, 0.25) is 0 Å². The lowest BCUT2D eigenvalue weighted by molar-refractivity contribution is 0.123. The lowest BCUT2D eigenvalue weighted by atomic mass is 10.1. The summed E-state index contributed by atoms with van der Waals surface area (Å²) in [6.45, 7) is 0. The maximum absolute atomic E-state index is 8.36. The third-order valence-corrected chi connectivity index (χ3v) is 1.46. The van der Waals surface area contributed by atoms with Crippen molar-refractivity contribution in [2.24, 2.45) is 0 Å². The summed E-state index contributed by atoms with van der Waals surface area (Å²) in [5.74, 6) is 0. The molecule has 0 saturated carbocycles. The average molecular weight is 150 g/mol. The standard InChI is InChI=1S/C8H10N2O/c1-11-8-3-2-7(4-5-9)6-10-8/h2-3,6,8,10H,4H2,1H3. The molecule has 11 heavy (non-hydrogen) atoms. The number of hydrogen-bond acceptors (Lipinski definition) is 3. The predicted octanol–water partition coefficient (Wildman–Crippen LogP) is 0.916. The second-order valence-electron chi connectivity index (χ2n) is 2.24. The monoisotopic (exact) mass is 150 g/mol. The van der Waals surface area contributed by atoms with Gasteiger partial charge in [0.15, 0.2) is 0 Å². The molecule has 0 bridgehead atoms. The molecule has 0 aliphatic carbocycles. The molecule has 0 aromatic rings. The second-order valence-corrected chi connectivity index (χ2v) is 2.24. The third-order valence-electron chi connectivity index (χ3n) is 1.46. The molecule has 1 aliphatic heterocycles. The Kier molecular flexibility index (Phi) is 2.70. The molecular weight excluding hydrogens is 140 g/mol. The third kappa shape index (κ3) is 2.10. The quantitative estimate of drug-likeness (QED) is 0.636. The van der Waals surface area contributed by atoms with Gasteiger partial charge >= 0.3 is 0 Å². The van der Waals surface area contributed by atoms with Crippen molar-refractivity contribution in [2.45, 2.75) is 12.6 Å². The molecule has 0 saturated heterocycles. The fourth-order valence-electron chi connectivity index (χ4n) is 0.852. The number of nitriles is 1. The smallest absolute Gasteiger partial charge is 0.146 e. The summed E-state index contributed by atoms with van der Waals surface area (Å²) in [7, 11) is 1.63. The number of allylic oxidation sites excluding steroid dienone is 2. The first-order chi connectivity index (χ1) is 5.36. The van der Waals surface area contributed by atoms with E-state index in [-0.39, 0.29) is 6.23 Å². The van der Waals surface area contributed by atoms with Gasteiger partial charge in [-0.3, -0.25) is 0 Å². The van der Waals surface area contributed by atoms with Gasteiger partial charge in [0.1, 0.15) is 6.23 Å². The number of nitrogens with one attached hydrogen (secondary N) is 1. The molecule has 1 unspecified atom stereocenters. The van der Waals surface area contributed by atoms with Crippen LogP contribution in [0.3, 0.4) is 0 Å². The topological polar surface area (TPSA) is 45.0 Å². The van der Waals surface area contributed by atoms with Gasteiger partial charge in [-0.2, -0.15) is 5.26 Å². The first-order valence-corrected chi connectivity index (χ1v) is 3.40. The minimum absolute atomic E-state index is 0.0440. The van der Waals surface area contributed by atoms with E-state index < -0.39 is 0 Å². The number of ether oxygens (including phenoxy) is 1. The largest absolute Gasteiger partial charge is 0.363 e. The first-order valence-electron chi connectivity index (χ1n) is 3.40. The van der Waals surface area contributed by atoms with Crippen LogP contribution in [0, 0.1) is 11.3 Å². The number of nitrogens with zero attached hydrogens (tertiary/aromatic N) is 1. The highest BCUT2D eigenvalue weighted by molar-refractivity contribution is 5.25. The van der Waals surface area contributed by atoms with Crippen LogP contribution in [0.4, 0.5) is 0 Å². The van der Waals surface area contributed by atoms with Crippen LogP contribution in [0.25, 0.3) is 0 Å². The van der Waals surface area contributed by atoms with Crippen LogP contribution in [0.1, 0.15) is 6.42 Å². The average Bonchev–Trinajstić information content (AvgIpc) is 2.07. The molecule has 1 atom stereocenters. The summed E-state index contributed by atoms with van der Waals surface area (Å²) in [6, 6.07) is 2.07. The molecule has 1 rings (SSSR count). The zero-order chi connectivity index (χ0) is 8.10. The van der Waals surface area contributed by atoms with Crippen molar-refractivity contribution < 1.29 is 4.74 Å². The van der Waals surface area contributed by atoms with Gasteiger partial charge in [-0.25, -0.2) is 0 Å². The van der Waals surface area contributed by atoms with Crippen molar-refractivity contribution in [3.05, 3.63) is 23.9 Å². The van der Waals surface area contributed by atoms with Crippen molar-refractivity contribution in [1.82, 2.24) is 5.32 Å². The van der Waals surface area contributed by atoms with E-state index in [2.05, 4.69) is 11.4 Å². The summed E-state index contributed by atoms with van der Waals surface area (Å²) in [6.07, 6.45) is 5.98. The van der Waals surface area contributed by atoms with Gasteiger partial charge in [0.2, 0.25) is 0 Å². The number of dihydropyridines is 1. The van der Waals surface area contributed by atoms with Crippen LogP contribution in [0.15, 0.2) is 23.9 Å². The van der Waals surface area contributed by atoms with Crippen LogP contribution < -0.4 is 5.32 Å². The molecule has 1 N–H and O–H groups in total. The van der Waals surface area contributed by atoms with E-state index in [1.54, 1.807) is 13.3 Å². The number of methoxy groups -OCH3 is 1. The normalized spacial score (nSPS) is 21.8. The molecule has 0 aromatic carbocycles. The molecule has 1 heterocycles. The van der Waals surface area contributed by atoms with Crippen LogP contribution in [-0.4, -0.2) is 13.3 Å². The Labute approximate surface area is 66.0 Å². The van der Waals surface area contributed by atoms with Gasteiger partial charge in [-0.15, -0.1) is 0 Å². The van der Waals surface area contributed by atoms with E-state index >= 15 is 0 Å². The van der Waals surface area contributed by atoms with Crippen LogP contribution >= 0.6 is 0 Å². The van der Waals surface area contributed by atoms with Crippen molar-refractivity contribution in [3.63, 3.8) is 0 Å². The van der Waals surface area contributed by atoms with Crippen LogP contribution in [0.5, 0.6) is 0 Å². The number of hydrogen-bond donors (Lipinski definition) is 1. The van der Waals surface area contributed by atoms with Gasteiger partial charge in [-0.05, 0) is 11.6 Å². The second kappa shape index (κ2) is 3.79. The highest BCUT2D eigenvalue weighted by Crippen LogP contribution is 2.06. The summed E-state index contributed by atoms with van der Waals surface area (Å²) in [5.41, 5.74) is 0.987. The maximum Gasteiger partial charge on any atom is 0.146 e. The Bertz CT molecular complexity index is 225. The van der Waals surface area contributed by atoms with E-state index in [1.807, 2.05) is 12.2 Å². The fourth-order valence-corrected chi connectivity index (χ4v) is 0.852. The van der Waals surface area contributed by atoms with E-state index in [4.69, 9.17) is 10.00 Å². The highest BCUT2D eigenvalue weighted by atomic mass is 16.5. The van der Waals surface area contributed by atoms with E-state index in [1.165, 1.54) is 0 Å². The Balaban J connectivity index is 2.47. The van der Waals surface area contributed by atoms with Gasteiger partial charge in [0.05, 0.1) is 12.5 Å². The Morgan fingerprint density at radius 3 is 3.09 bits per heavy atom. The van der Waals surface area contributed by atoms with Crippen molar-refractivity contribution in [1.29, 1.82) is 5.26 Å². The molecule has 0 fully saturated rings. The maximum atomic E-state index is 8.36. The van der Waals surface area contributed by atoms with Gasteiger partial charge in [0, 0.05) is 13.3 Å². The Hall–Kier alpha value is -1.27. The van der Waals surface area contributed by atoms with Crippen molar-refractivity contribution in [3.8, 4) is 6.07 Å². The predicted molar refractivity (Wildman–Crippen MR) is 41.4 cm³/mol. The van der Waals surface area contributed by atoms with Gasteiger partial charge in [0.25, 0.3) is 0 Å². The minimum Gasteiger partial charge on any atom is -0.363 e. The zero-order valence-electron chi connectivity index (χ0n) is 6.37. The summed E-state index contributed by atoms with van der Waals surface area (Å²) >= 11 is 0. The van der Waals surface area contributed by atoms with Gasteiger partial charge < -0.3 is 10.1 Å². The van der Waals surface area contributed by atoms with Crippen molar-refractivity contribution >= 4 is 0 Å². The Morgan fingerprint density at radius 2 is 2.64 bits per heavy atom. The van der Waals surface area contributed by atoms with Gasteiger partial charge in [-0.1, -0.05) is 6.08 Å². The lowest BCUT2D eigenvalue weighted by Crippen LogP contribution is -2.26. The van der Waals surface area contributed by atoms with Crippen LogP contribution in [-0.2, 0) is 4.74 Å². The molecule has 1 aliphatic rings. The molecule has 0 spiro atoms. The summed E-state index contributed by atoms with van der Waals surface area (Å²) < 4.78 is 4.99. The van der Waals surface area contributed by atoms with E-state index in [0.29, 0.717) is 6.42 Å². The molecule has 58 valence electrons. The zero-order valence-corrected chi connectivity index (χ0v) is 6.37. The Morgan fingerprint density at radius 1 is 1.82 bits per heavy atom. The fraction of sp³-hybridized carbons (Fsp3) is 0.375. The minimum atomic E-state index is -0.0440. The highest BCUT2D eigenvalue weighted by Gasteiger charge is 2.04. The lowest BCUT2D eigenvalue weighted by Gasteiger charge is -2.15.